The monoisotopic (exact) mass is 241 g/mol. The molecular weight excluding hydrogens is 230 g/mol. The van der Waals surface area contributed by atoms with Crippen molar-refractivity contribution in [3.8, 4) is 0 Å². The summed E-state index contributed by atoms with van der Waals surface area (Å²) in [6.45, 7) is 4.27. The molecule has 0 bridgehead atoms. The SMILES string of the molecule is CC1(C)CC1(N)c1ncc(Br)cn1. The molecule has 13 heavy (non-hydrogen) atoms. The minimum Gasteiger partial charge on any atom is -0.318 e. The van der Waals surface area contributed by atoms with Gasteiger partial charge in [0.25, 0.3) is 0 Å². The minimum atomic E-state index is -0.312. The molecule has 0 aliphatic heterocycles. The van der Waals surface area contributed by atoms with E-state index in [4.69, 9.17) is 5.73 Å². The molecule has 1 unspecified atom stereocenters. The molecule has 3 nitrogen and oxygen atoms in total. The fraction of sp³-hybridized carbons (Fsp3) is 0.556. The van der Waals surface area contributed by atoms with E-state index in [0.29, 0.717) is 0 Å². The number of halogens is 1. The zero-order valence-corrected chi connectivity index (χ0v) is 9.30. The predicted octanol–water partition coefficient (Wildman–Crippen LogP) is 1.82. The number of nitrogens with two attached hydrogens (primary N) is 1. The average molecular weight is 242 g/mol. The summed E-state index contributed by atoms with van der Waals surface area (Å²) in [7, 11) is 0. The third kappa shape index (κ3) is 1.28. The second-order valence-electron chi connectivity index (χ2n) is 4.26. The second-order valence-corrected chi connectivity index (χ2v) is 5.17. The molecule has 1 aromatic heterocycles. The van der Waals surface area contributed by atoms with E-state index < -0.39 is 0 Å². The predicted molar refractivity (Wildman–Crippen MR) is 54.0 cm³/mol. The van der Waals surface area contributed by atoms with Crippen molar-refractivity contribution in [1.29, 1.82) is 0 Å². The maximum atomic E-state index is 6.16. The fourth-order valence-corrected chi connectivity index (χ4v) is 1.78. The Kier molecular flexibility index (Phi) is 1.76. The molecule has 1 atom stereocenters. The van der Waals surface area contributed by atoms with Gasteiger partial charge in [-0.05, 0) is 27.8 Å². The molecule has 1 aliphatic carbocycles. The van der Waals surface area contributed by atoms with Crippen molar-refractivity contribution in [3.63, 3.8) is 0 Å². The van der Waals surface area contributed by atoms with Crippen molar-refractivity contribution in [2.45, 2.75) is 25.8 Å². The van der Waals surface area contributed by atoms with Gasteiger partial charge in [-0.1, -0.05) is 13.8 Å². The summed E-state index contributed by atoms with van der Waals surface area (Å²) in [6, 6.07) is 0. The largest absolute Gasteiger partial charge is 0.318 e. The molecule has 1 aliphatic rings. The lowest BCUT2D eigenvalue weighted by atomic mass is 10.1. The van der Waals surface area contributed by atoms with Gasteiger partial charge in [-0.25, -0.2) is 9.97 Å². The van der Waals surface area contributed by atoms with Crippen molar-refractivity contribution in [3.05, 3.63) is 22.7 Å². The topological polar surface area (TPSA) is 51.8 Å². The molecule has 1 aromatic rings. The van der Waals surface area contributed by atoms with Crippen LogP contribution in [0.4, 0.5) is 0 Å². The average Bonchev–Trinajstić information content (AvgIpc) is 2.53. The highest BCUT2D eigenvalue weighted by Crippen LogP contribution is 2.59. The van der Waals surface area contributed by atoms with Crippen LogP contribution >= 0.6 is 15.9 Å². The van der Waals surface area contributed by atoms with Gasteiger partial charge in [0.1, 0.15) is 5.82 Å². The van der Waals surface area contributed by atoms with Crippen LogP contribution in [-0.2, 0) is 5.54 Å². The summed E-state index contributed by atoms with van der Waals surface area (Å²) in [5.74, 6) is 0.751. The van der Waals surface area contributed by atoms with Crippen LogP contribution in [0.5, 0.6) is 0 Å². The first-order valence-electron chi connectivity index (χ1n) is 4.23. The first kappa shape index (κ1) is 9.09. The van der Waals surface area contributed by atoms with Gasteiger partial charge < -0.3 is 5.73 Å². The summed E-state index contributed by atoms with van der Waals surface area (Å²) >= 11 is 3.30. The van der Waals surface area contributed by atoms with Gasteiger partial charge in [0.2, 0.25) is 0 Å². The van der Waals surface area contributed by atoms with Crippen molar-refractivity contribution < 1.29 is 0 Å². The Morgan fingerprint density at radius 2 is 1.85 bits per heavy atom. The molecule has 70 valence electrons. The first-order chi connectivity index (χ1) is 5.96. The highest BCUT2D eigenvalue weighted by atomic mass is 79.9. The van der Waals surface area contributed by atoms with Gasteiger partial charge in [0.15, 0.2) is 0 Å². The van der Waals surface area contributed by atoms with Gasteiger partial charge in [0.05, 0.1) is 10.0 Å². The van der Waals surface area contributed by atoms with Crippen LogP contribution in [0.2, 0.25) is 0 Å². The Labute approximate surface area is 85.9 Å². The normalized spacial score (nSPS) is 30.2. The van der Waals surface area contributed by atoms with Crippen LogP contribution in [0, 0.1) is 5.41 Å². The fourth-order valence-electron chi connectivity index (χ4n) is 1.58. The number of hydrogen-bond donors (Lipinski definition) is 1. The summed E-state index contributed by atoms with van der Waals surface area (Å²) in [5.41, 5.74) is 5.98. The van der Waals surface area contributed by atoms with E-state index in [1.807, 2.05) is 0 Å². The van der Waals surface area contributed by atoms with E-state index in [2.05, 4.69) is 39.7 Å². The lowest BCUT2D eigenvalue weighted by Gasteiger charge is -2.12. The van der Waals surface area contributed by atoms with Gasteiger partial charge in [-0.3, -0.25) is 0 Å². The van der Waals surface area contributed by atoms with Crippen LogP contribution in [0.25, 0.3) is 0 Å². The van der Waals surface area contributed by atoms with Crippen LogP contribution in [-0.4, -0.2) is 9.97 Å². The zero-order valence-electron chi connectivity index (χ0n) is 7.71. The van der Waals surface area contributed by atoms with Crippen molar-refractivity contribution >= 4 is 15.9 Å². The minimum absolute atomic E-state index is 0.140. The van der Waals surface area contributed by atoms with Crippen LogP contribution in [0.3, 0.4) is 0 Å². The van der Waals surface area contributed by atoms with Crippen molar-refractivity contribution in [1.82, 2.24) is 9.97 Å². The third-order valence-corrected chi connectivity index (χ3v) is 3.23. The highest BCUT2D eigenvalue weighted by Gasteiger charge is 2.61. The smallest absolute Gasteiger partial charge is 0.148 e. The maximum absolute atomic E-state index is 6.16. The molecule has 1 heterocycles. The Balaban J connectivity index is 2.34. The Bertz CT molecular complexity index is 333. The van der Waals surface area contributed by atoms with Gasteiger partial charge >= 0.3 is 0 Å². The number of nitrogens with zero attached hydrogens (tertiary/aromatic N) is 2. The zero-order chi connectivity index (χ0) is 9.69. The Hall–Kier alpha value is -0.480. The number of hydrogen-bond acceptors (Lipinski definition) is 3. The van der Waals surface area contributed by atoms with E-state index in [0.717, 1.165) is 16.7 Å². The Morgan fingerprint density at radius 3 is 2.23 bits per heavy atom. The molecule has 0 radical (unpaired) electrons. The lowest BCUT2D eigenvalue weighted by molar-refractivity contribution is 0.487. The second kappa shape index (κ2) is 2.51. The molecule has 2 rings (SSSR count). The number of aromatic nitrogens is 2. The molecule has 1 saturated carbocycles. The van der Waals surface area contributed by atoms with Gasteiger partial charge in [-0.15, -0.1) is 0 Å². The first-order valence-corrected chi connectivity index (χ1v) is 5.02. The molecule has 0 spiro atoms. The molecule has 0 amide bonds. The molecule has 1 fully saturated rings. The molecule has 4 heteroatoms. The summed E-state index contributed by atoms with van der Waals surface area (Å²) < 4.78 is 0.887. The van der Waals surface area contributed by atoms with Crippen LogP contribution < -0.4 is 5.73 Å². The molecule has 0 aromatic carbocycles. The van der Waals surface area contributed by atoms with E-state index >= 15 is 0 Å². The molecule has 2 N–H and O–H groups in total. The molecule has 0 saturated heterocycles. The van der Waals surface area contributed by atoms with Gasteiger partial charge in [0, 0.05) is 12.4 Å². The van der Waals surface area contributed by atoms with E-state index in [9.17, 15) is 0 Å². The Morgan fingerprint density at radius 1 is 1.38 bits per heavy atom. The van der Waals surface area contributed by atoms with E-state index in [-0.39, 0.29) is 11.0 Å². The van der Waals surface area contributed by atoms with Gasteiger partial charge in [-0.2, -0.15) is 0 Å². The third-order valence-electron chi connectivity index (χ3n) is 2.82. The summed E-state index contributed by atoms with van der Waals surface area (Å²) in [5, 5.41) is 0. The summed E-state index contributed by atoms with van der Waals surface area (Å²) in [4.78, 5) is 8.45. The van der Waals surface area contributed by atoms with Crippen LogP contribution in [0.1, 0.15) is 26.1 Å². The van der Waals surface area contributed by atoms with E-state index in [1.165, 1.54) is 0 Å². The lowest BCUT2D eigenvalue weighted by Crippen LogP contribution is -2.27. The van der Waals surface area contributed by atoms with Crippen molar-refractivity contribution in [2.75, 3.05) is 0 Å². The van der Waals surface area contributed by atoms with Crippen LogP contribution in [0.15, 0.2) is 16.9 Å². The maximum Gasteiger partial charge on any atom is 0.148 e. The van der Waals surface area contributed by atoms with Crippen molar-refractivity contribution in [2.24, 2.45) is 11.1 Å². The molecular formula is C9H12BrN3. The number of rotatable bonds is 1. The summed E-state index contributed by atoms with van der Waals surface area (Å²) in [6.07, 6.45) is 4.44. The standard InChI is InChI=1S/C9H12BrN3/c1-8(2)5-9(8,11)7-12-3-6(10)4-13-7/h3-4H,5,11H2,1-2H3. The van der Waals surface area contributed by atoms with E-state index in [1.54, 1.807) is 12.4 Å². The highest BCUT2D eigenvalue weighted by molar-refractivity contribution is 9.10. The quantitative estimate of drug-likeness (QED) is 0.817.